The van der Waals surface area contributed by atoms with Crippen LogP contribution in [0.4, 0.5) is 0 Å². The quantitative estimate of drug-likeness (QED) is 0.312. The Kier molecular flexibility index (Phi) is 9.25. The molecule has 2 aliphatic carbocycles. The molecule has 0 saturated heterocycles. The lowest BCUT2D eigenvalue weighted by Gasteiger charge is -2.29. The van der Waals surface area contributed by atoms with E-state index in [1.807, 2.05) is 12.1 Å². The van der Waals surface area contributed by atoms with E-state index in [1.54, 1.807) is 0 Å². The molecule has 2 saturated carbocycles. The van der Waals surface area contributed by atoms with Crippen LogP contribution >= 0.6 is 0 Å². The fraction of sp³-hybridized carbons (Fsp3) is 0.704. The summed E-state index contributed by atoms with van der Waals surface area (Å²) in [6.07, 6.45) is 16.4. The van der Waals surface area contributed by atoms with Gasteiger partial charge in [-0.25, -0.2) is 4.79 Å². The lowest BCUT2D eigenvalue weighted by Crippen LogP contribution is -2.24. The Morgan fingerprint density at radius 3 is 2.20 bits per heavy atom. The predicted octanol–water partition coefficient (Wildman–Crippen LogP) is 7.56. The molecule has 3 nitrogen and oxygen atoms in total. The van der Waals surface area contributed by atoms with Crippen molar-refractivity contribution in [1.29, 1.82) is 5.26 Å². The minimum absolute atomic E-state index is 0.0403. The normalized spacial score (nSPS) is 26.7. The van der Waals surface area contributed by atoms with Crippen LogP contribution in [-0.4, -0.2) is 12.1 Å². The number of unbranched alkanes of at least 4 members (excludes halogenated alkanes) is 2. The molecular formula is C27H39NO2. The van der Waals surface area contributed by atoms with Crippen LogP contribution in [-0.2, 0) is 4.74 Å². The van der Waals surface area contributed by atoms with Crippen LogP contribution in [0.5, 0.6) is 0 Å². The monoisotopic (exact) mass is 409 g/mol. The first-order valence-electron chi connectivity index (χ1n) is 12.4. The number of benzene rings is 1. The molecule has 0 aliphatic heterocycles. The van der Waals surface area contributed by atoms with Crippen molar-refractivity contribution in [3.8, 4) is 6.07 Å². The summed E-state index contributed by atoms with van der Waals surface area (Å²) in [5.74, 6) is 2.03. The molecule has 0 atom stereocenters. The van der Waals surface area contributed by atoms with Crippen LogP contribution in [0.15, 0.2) is 24.3 Å². The van der Waals surface area contributed by atoms with E-state index in [-0.39, 0.29) is 12.1 Å². The molecular weight excluding hydrogens is 370 g/mol. The van der Waals surface area contributed by atoms with Gasteiger partial charge in [-0.1, -0.05) is 44.7 Å². The van der Waals surface area contributed by atoms with E-state index in [4.69, 9.17) is 10.00 Å². The fourth-order valence-electron chi connectivity index (χ4n) is 5.39. The molecule has 0 heterocycles. The van der Waals surface area contributed by atoms with Gasteiger partial charge in [0.1, 0.15) is 6.10 Å². The van der Waals surface area contributed by atoms with E-state index in [0.29, 0.717) is 23.8 Å². The van der Waals surface area contributed by atoms with E-state index in [1.165, 1.54) is 56.9 Å². The number of ether oxygens (including phenoxy) is 1. The minimum Gasteiger partial charge on any atom is -0.459 e. The van der Waals surface area contributed by atoms with Crippen molar-refractivity contribution in [3.63, 3.8) is 0 Å². The van der Waals surface area contributed by atoms with Crippen molar-refractivity contribution in [3.05, 3.63) is 35.4 Å². The third-order valence-corrected chi connectivity index (χ3v) is 7.41. The summed E-state index contributed by atoms with van der Waals surface area (Å²) < 4.78 is 5.77. The van der Waals surface area contributed by atoms with Crippen LogP contribution in [0.1, 0.15) is 119 Å². The Labute approximate surface area is 183 Å². The maximum Gasteiger partial charge on any atom is 0.338 e. The summed E-state index contributed by atoms with van der Waals surface area (Å²) in [5.41, 5.74) is 2.06. The highest BCUT2D eigenvalue weighted by atomic mass is 16.5. The lowest BCUT2D eigenvalue weighted by molar-refractivity contribution is 0.0162. The molecule has 0 spiro atoms. The van der Waals surface area contributed by atoms with Crippen LogP contribution in [0.25, 0.3) is 0 Å². The van der Waals surface area contributed by atoms with Gasteiger partial charge in [-0.3, -0.25) is 0 Å². The van der Waals surface area contributed by atoms with E-state index in [2.05, 4.69) is 25.1 Å². The van der Waals surface area contributed by atoms with Crippen molar-refractivity contribution in [2.45, 2.75) is 109 Å². The van der Waals surface area contributed by atoms with Gasteiger partial charge in [0.05, 0.1) is 11.6 Å². The topological polar surface area (TPSA) is 50.1 Å². The Morgan fingerprint density at radius 2 is 1.57 bits per heavy atom. The third kappa shape index (κ3) is 6.86. The van der Waals surface area contributed by atoms with Crippen LogP contribution in [0, 0.1) is 23.2 Å². The molecule has 1 aromatic carbocycles. The Hall–Kier alpha value is -1.82. The summed E-state index contributed by atoms with van der Waals surface area (Å²) in [6, 6.07) is 10.5. The molecule has 0 unspecified atom stereocenters. The summed E-state index contributed by atoms with van der Waals surface area (Å²) in [4.78, 5) is 12.6. The summed E-state index contributed by atoms with van der Waals surface area (Å²) >= 11 is 0. The number of nitrogens with zero attached hydrogens (tertiary/aromatic N) is 1. The average molecular weight is 410 g/mol. The van der Waals surface area contributed by atoms with Crippen LogP contribution < -0.4 is 0 Å². The second-order valence-electron chi connectivity index (χ2n) is 9.58. The number of hydrogen-bond acceptors (Lipinski definition) is 3. The molecule has 2 fully saturated rings. The SMILES string of the molecule is CCCCCC1CCC(c2ccc(C(=O)OC3CCC(CCC#N)CC3)cc2)CC1. The average Bonchev–Trinajstić information content (AvgIpc) is 2.79. The molecule has 164 valence electrons. The Morgan fingerprint density at radius 1 is 0.933 bits per heavy atom. The second-order valence-corrected chi connectivity index (χ2v) is 9.58. The van der Waals surface area contributed by atoms with E-state index in [9.17, 15) is 4.79 Å². The molecule has 0 amide bonds. The van der Waals surface area contributed by atoms with Crippen molar-refractivity contribution in [1.82, 2.24) is 0 Å². The smallest absolute Gasteiger partial charge is 0.338 e. The zero-order chi connectivity index (χ0) is 21.2. The fourth-order valence-corrected chi connectivity index (χ4v) is 5.39. The van der Waals surface area contributed by atoms with Gasteiger partial charge >= 0.3 is 5.97 Å². The van der Waals surface area contributed by atoms with Crippen molar-refractivity contribution < 1.29 is 9.53 Å². The van der Waals surface area contributed by atoms with Gasteiger partial charge in [-0.15, -0.1) is 0 Å². The van der Waals surface area contributed by atoms with Crippen molar-refractivity contribution in [2.24, 2.45) is 11.8 Å². The summed E-state index contributed by atoms with van der Waals surface area (Å²) in [7, 11) is 0. The number of nitriles is 1. The summed E-state index contributed by atoms with van der Waals surface area (Å²) in [5, 5.41) is 8.73. The van der Waals surface area contributed by atoms with Gasteiger partial charge in [-0.2, -0.15) is 5.26 Å². The van der Waals surface area contributed by atoms with Crippen LogP contribution in [0.3, 0.4) is 0 Å². The van der Waals surface area contributed by atoms with Gasteiger partial charge in [0.15, 0.2) is 0 Å². The van der Waals surface area contributed by atoms with Gasteiger partial charge in [-0.05, 0) is 93.2 Å². The number of esters is 1. The maximum absolute atomic E-state index is 12.6. The first-order valence-corrected chi connectivity index (χ1v) is 12.4. The highest BCUT2D eigenvalue weighted by Crippen LogP contribution is 2.38. The summed E-state index contributed by atoms with van der Waals surface area (Å²) in [6.45, 7) is 2.28. The number of carbonyl (C=O) groups is 1. The van der Waals surface area contributed by atoms with E-state index in [0.717, 1.165) is 38.0 Å². The number of rotatable bonds is 9. The molecule has 30 heavy (non-hydrogen) atoms. The van der Waals surface area contributed by atoms with Crippen molar-refractivity contribution in [2.75, 3.05) is 0 Å². The van der Waals surface area contributed by atoms with Crippen molar-refractivity contribution >= 4 is 5.97 Å². The molecule has 0 N–H and O–H groups in total. The predicted molar refractivity (Wildman–Crippen MR) is 121 cm³/mol. The highest BCUT2D eigenvalue weighted by molar-refractivity contribution is 5.89. The standard InChI is InChI=1S/C27H39NO2/c1-2-3-4-6-21-8-12-23(13-9-21)24-14-16-25(17-15-24)27(29)30-26-18-10-22(11-19-26)7-5-20-28/h14-17,21-23,26H,2-13,18-19H2,1H3. The molecule has 0 radical (unpaired) electrons. The second kappa shape index (κ2) is 12.1. The molecule has 2 aliphatic rings. The molecule has 0 aromatic heterocycles. The van der Waals surface area contributed by atoms with Gasteiger partial charge in [0.25, 0.3) is 0 Å². The Bertz CT molecular complexity index is 674. The third-order valence-electron chi connectivity index (χ3n) is 7.41. The minimum atomic E-state index is -0.179. The highest BCUT2D eigenvalue weighted by Gasteiger charge is 2.25. The molecule has 3 rings (SSSR count). The molecule has 0 bridgehead atoms. The van der Waals surface area contributed by atoms with Gasteiger partial charge in [0.2, 0.25) is 0 Å². The molecule has 1 aromatic rings. The lowest BCUT2D eigenvalue weighted by atomic mass is 9.77. The molecule has 3 heteroatoms. The first kappa shape index (κ1) is 22.9. The largest absolute Gasteiger partial charge is 0.459 e. The number of carbonyl (C=O) groups excluding carboxylic acids is 1. The first-order chi connectivity index (χ1) is 14.7. The maximum atomic E-state index is 12.6. The zero-order valence-corrected chi connectivity index (χ0v) is 18.8. The van der Waals surface area contributed by atoms with Gasteiger partial charge < -0.3 is 4.74 Å². The zero-order valence-electron chi connectivity index (χ0n) is 18.8. The van der Waals surface area contributed by atoms with Gasteiger partial charge in [0, 0.05) is 6.42 Å². The van der Waals surface area contributed by atoms with E-state index < -0.39 is 0 Å². The Balaban J connectivity index is 1.41. The van der Waals surface area contributed by atoms with Crippen LogP contribution in [0.2, 0.25) is 0 Å². The number of hydrogen-bond donors (Lipinski definition) is 0. The van der Waals surface area contributed by atoms with E-state index >= 15 is 0 Å².